The first kappa shape index (κ1) is 12.9. The van der Waals surface area contributed by atoms with Crippen molar-refractivity contribution in [1.29, 1.82) is 0 Å². The molecule has 4 rings (SSSR count). The summed E-state index contributed by atoms with van der Waals surface area (Å²) in [6.07, 6.45) is 1.65. The Bertz CT molecular complexity index is 957. The van der Waals surface area contributed by atoms with E-state index in [2.05, 4.69) is 4.98 Å². The van der Waals surface area contributed by atoms with Crippen LogP contribution in [0.3, 0.4) is 0 Å². The number of rotatable bonds is 2. The number of hydrogen-bond donors (Lipinski definition) is 0. The van der Waals surface area contributed by atoms with E-state index < -0.39 is 0 Å². The lowest BCUT2D eigenvalue weighted by atomic mass is 10.2. The fourth-order valence-corrected chi connectivity index (χ4v) is 2.42. The molecule has 0 saturated carbocycles. The highest BCUT2D eigenvalue weighted by Crippen LogP contribution is 2.27. The molecule has 108 valence electrons. The maximum Gasteiger partial charge on any atom is 0.391 e. The number of hydrogen-bond acceptors (Lipinski definition) is 3. The number of pyridine rings is 1. The fourth-order valence-electron chi connectivity index (χ4n) is 2.30. The Labute approximate surface area is 130 Å². The Morgan fingerprint density at radius 2 is 1.77 bits per heavy atom. The SMILES string of the molecule is [O-][n+]1c(-c2ccc(-c3ccc(Cl)cc3)o2)nc2ccccn21. The number of benzene rings is 1. The second-order valence-corrected chi connectivity index (χ2v) is 5.22. The van der Waals surface area contributed by atoms with Crippen LogP contribution >= 0.6 is 11.6 Å². The molecular weight excluding hydrogens is 302 g/mol. The second kappa shape index (κ2) is 4.89. The molecule has 1 aromatic carbocycles. The summed E-state index contributed by atoms with van der Waals surface area (Å²) in [6.45, 7) is 0. The average Bonchev–Trinajstić information content (AvgIpc) is 3.14. The summed E-state index contributed by atoms with van der Waals surface area (Å²) in [7, 11) is 0. The van der Waals surface area contributed by atoms with Crippen molar-refractivity contribution in [1.82, 2.24) is 9.50 Å². The van der Waals surface area contributed by atoms with Crippen LogP contribution in [0.1, 0.15) is 0 Å². The van der Waals surface area contributed by atoms with Gasteiger partial charge >= 0.3 is 5.82 Å². The van der Waals surface area contributed by atoms with E-state index in [1.807, 2.05) is 24.3 Å². The van der Waals surface area contributed by atoms with E-state index in [-0.39, 0.29) is 5.82 Å². The van der Waals surface area contributed by atoms with Gasteiger partial charge in [-0.2, -0.15) is 0 Å². The first-order chi connectivity index (χ1) is 10.7. The zero-order chi connectivity index (χ0) is 15.1. The molecule has 3 heterocycles. The van der Waals surface area contributed by atoms with Crippen molar-refractivity contribution in [2.75, 3.05) is 0 Å². The van der Waals surface area contributed by atoms with E-state index in [9.17, 15) is 5.21 Å². The minimum absolute atomic E-state index is 0.228. The van der Waals surface area contributed by atoms with Gasteiger partial charge in [-0.1, -0.05) is 17.7 Å². The molecule has 0 spiro atoms. The van der Waals surface area contributed by atoms with E-state index in [0.717, 1.165) is 5.56 Å². The van der Waals surface area contributed by atoms with Crippen molar-refractivity contribution in [2.45, 2.75) is 0 Å². The number of aromatic nitrogens is 3. The van der Waals surface area contributed by atoms with Gasteiger partial charge in [0.1, 0.15) is 5.76 Å². The van der Waals surface area contributed by atoms with E-state index in [4.69, 9.17) is 16.0 Å². The summed E-state index contributed by atoms with van der Waals surface area (Å²) < 4.78 is 7.18. The number of nitrogens with zero attached hydrogens (tertiary/aromatic N) is 3. The summed E-state index contributed by atoms with van der Waals surface area (Å²) >= 11 is 5.88. The molecule has 4 aromatic rings. The smallest absolute Gasteiger partial charge is 0.391 e. The van der Waals surface area contributed by atoms with Crippen LogP contribution in [-0.4, -0.2) is 9.50 Å². The molecule has 0 amide bonds. The molecule has 0 atom stereocenters. The van der Waals surface area contributed by atoms with Crippen molar-refractivity contribution < 1.29 is 9.26 Å². The largest absolute Gasteiger partial charge is 0.692 e. The van der Waals surface area contributed by atoms with Crippen molar-refractivity contribution in [3.8, 4) is 22.9 Å². The molecule has 5 nitrogen and oxygen atoms in total. The number of halogens is 1. The molecule has 0 aliphatic carbocycles. The molecule has 0 aliphatic heterocycles. The predicted octanol–water partition coefficient (Wildman–Crippen LogP) is 3.55. The Balaban J connectivity index is 1.80. The Morgan fingerprint density at radius 1 is 1.00 bits per heavy atom. The molecule has 0 bridgehead atoms. The van der Waals surface area contributed by atoms with Gasteiger partial charge in [-0.3, -0.25) is 0 Å². The normalized spacial score (nSPS) is 11.1. The van der Waals surface area contributed by atoms with Crippen molar-refractivity contribution in [3.63, 3.8) is 0 Å². The van der Waals surface area contributed by atoms with Crippen LogP contribution < -0.4 is 4.85 Å². The molecule has 0 fully saturated rings. The van der Waals surface area contributed by atoms with Gasteiger partial charge in [0.15, 0.2) is 0 Å². The number of furan rings is 1. The molecule has 22 heavy (non-hydrogen) atoms. The molecule has 3 aromatic heterocycles. The summed E-state index contributed by atoms with van der Waals surface area (Å²) in [6, 6.07) is 16.2. The first-order valence-corrected chi connectivity index (χ1v) is 7.03. The third kappa shape index (κ3) is 2.03. The fraction of sp³-hybridized carbons (Fsp3) is 0. The van der Waals surface area contributed by atoms with Crippen LogP contribution in [-0.2, 0) is 0 Å². The van der Waals surface area contributed by atoms with E-state index in [1.54, 1.807) is 36.5 Å². The third-order valence-corrected chi connectivity index (χ3v) is 3.62. The van der Waals surface area contributed by atoms with Gasteiger partial charge in [-0.15, -0.1) is 9.36 Å². The Hall–Kier alpha value is -2.79. The maximum atomic E-state index is 12.3. The van der Waals surface area contributed by atoms with Crippen molar-refractivity contribution in [2.24, 2.45) is 0 Å². The molecule has 0 saturated heterocycles. The zero-order valence-corrected chi connectivity index (χ0v) is 12.1. The highest BCUT2D eigenvalue weighted by molar-refractivity contribution is 6.30. The maximum absolute atomic E-state index is 12.3. The van der Waals surface area contributed by atoms with Gasteiger partial charge in [0.05, 0.1) is 6.20 Å². The Morgan fingerprint density at radius 3 is 2.55 bits per heavy atom. The quantitative estimate of drug-likeness (QED) is 0.420. The van der Waals surface area contributed by atoms with Crippen molar-refractivity contribution >= 4 is 17.2 Å². The Kier molecular flexibility index (Phi) is 2.87. The summed E-state index contributed by atoms with van der Waals surface area (Å²) in [5.74, 6) is 1.30. The first-order valence-electron chi connectivity index (χ1n) is 6.65. The highest BCUT2D eigenvalue weighted by atomic mass is 35.5. The third-order valence-electron chi connectivity index (χ3n) is 3.37. The van der Waals surface area contributed by atoms with Crippen LogP contribution in [0.5, 0.6) is 0 Å². The highest BCUT2D eigenvalue weighted by Gasteiger charge is 2.21. The lowest BCUT2D eigenvalue weighted by Gasteiger charge is -2.00. The minimum Gasteiger partial charge on any atom is -0.692 e. The summed E-state index contributed by atoms with van der Waals surface area (Å²) in [4.78, 5) is 5.01. The molecule has 6 heteroatoms. The van der Waals surface area contributed by atoms with Crippen LogP contribution in [0.25, 0.3) is 28.6 Å². The van der Waals surface area contributed by atoms with Crippen molar-refractivity contribution in [3.05, 3.63) is 71.0 Å². The number of fused-ring (bicyclic) bond motifs is 1. The van der Waals surface area contributed by atoms with Crippen LogP contribution in [0, 0.1) is 5.21 Å². The van der Waals surface area contributed by atoms with Crippen LogP contribution in [0.15, 0.2) is 65.2 Å². The summed E-state index contributed by atoms with van der Waals surface area (Å²) in [5, 5.41) is 12.9. The van der Waals surface area contributed by atoms with E-state index >= 15 is 0 Å². The van der Waals surface area contributed by atoms with Gasteiger partial charge in [-0.25, -0.2) is 0 Å². The van der Waals surface area contributed by atoms with Gasteiger partial charge in [-0.05, 0) is 47.4 Å². The van der Waals surface area contributed by atoms with E-state index in [1.165, 1.54) is 4.52 Å². The van der Waals surface area contributed by atoms with Crippen LogP contribution in [0.4, 0.5) is 0 Å². The molecule has 0 N–H and O–H groups in total. The van der Waals surface area contributed by atoms with Gasteiger partial charge in [0.25, 0.3) is 5.65 Å². The topological polar surface area (TPSA) is 57.4 Å². The predicted molar refractivity (Wildman–Crippen MR) is 82.3 cm³/mol. The second-order valence-electron chi connectivity index (χ2n) is 4.78. The average molecular weight is 312 g/mol. The monoisotopic (exact) mass is 311 g/mol. The summed E-state index contributed by atoms with van der Waals surface area (Å²) in [5.41, 5.74) is 1.45. The zero-order valence-electron chi connectivity index (χ0n) is 11.3. The molecular formula is C16H10ClN3O2. The lowest BCUT2D eigenvalue weighted by Crippen LogP contribution is -2.34. The standard InChI is InChI=1S/C16H10ClN3O2/c17-12-6-4-11(5-7-12)13-8-9-14(22-13)16-18-15-3-1-2-10-19(15)20(16)21/h1-10H. The molecule has 0 aliphatic rings. The van der Waals surface area contributed by atoms with Gasteiger partial charge < -0.3 is 9.62 Å². The van der Waals surface area contributed by atoms with Gasteiger partial charge in [0.2, 0.25) is 5.76 Å². The molecule has 0 unspecified atom stereocenters. The van der Waals surface area contributed by atoms with Gasteiger partial charge in [0, 0.05) is 16.7 Å². The minimum atomic E-state index is 0.228. The van der Waals surface area contributed by atoms with Crippen LogP contribution in [0.2, 0.25) is 5.02 Å². The van der Waals surface area contributed by atoms with E-state index in [0.29, 0.717) is 27.0 Å². The lowest BCUT2D eigenvalue weighted by molar-refractivity contribution is -0.667. The molecule has 0 radical (unpaired) electrons.